The monoisotopic (exact) mass is 426 g/mol. The van der Waals surface area contributed by atoms with E-state index in [0.29, 0.717) is 23.5 Å². The van der Waals surface area contributed by atoms with Crippen LogP contribution in [-0.4, -0.2) is 15.7 Å². The van der Waals surface area contributed by atoms with Gasteiger partial charge < -0.3 is 5.32 Å². The van der Waals surface area contributed by atoms with E-state index in [9.17, 15) is 10.1 Å². The van der Waals surface area contributed by atoms with Crippen LogP contribution in [0.4, 0.5) is 5.00 Å². The summed E-state index contributed by atoms with van der Waals surface area (Å²) in [5.41, 5.74) is 2.87. The molecule has 114 valence electrons. The summed E-state index contributed by atoms with van der Waals surface area (Å²) in [5.74, 6) is -0.0682. The number of aromatic nitrogens is 2. The quantitative estimate of drug-likeness (QED) is 0.764. The Balaban J connectivity index is 1.65. The van der Waals surface area contributed by atoms with Gasteiger partial charge in [-0.2, -0.15) is 10.4 Å². The number of amides is 1. The van der Waals surface area contributed by atoms with Crippen molar-refractivity contribution in [2.45, 2.75) is 39.2 Å². The molecule has 0 spiro atoms. The average Bonchev–Trinajstić information content (AvgIpc) is 3.14. The van der Waals surface area contributed by atoms with E-state index in [1.807, 2.05) is 11.6 Å². The molecule has 1 amide bonds. The van der Waals surface area contributed by atoms with Crippen LogP contribution in [0.25, 0.3) is 0 Å². The van der Waals surface area contributed by atoms with Gasteiger partial charge >= 0.3 is 0 Å². The molecule has 1 aliphatic rings. The van der Waals surface area contributed by atoms with Gasteiger partial charge in [-0.05, 0) is 54.3 Å². The van der Waals surface area contributed by atoms with Gasteiger partial charge in [-0.1, -0.05) is 0 Å². The molecule has 3 rings (SSSR count). The third-order valence-electron chi connectivity index (χ3n) is 3.88. The molecule has 0 fully saturated rings. The zero-order valence-corrected chi connectivity index (χ0v) is 15.1. The summed E-state index contributed by atoms with van der Waals surface area (Å²) in [7, 11) is 0. The molecule has 0 atom stereocenters. The molecule has 0 saturated carbocycles. The summed E-state index contributed by atoms with van der Waals surface area (Å²) < 4.78 is 2.93. The van der Waals surface area contributed by atoms with Crippen molar-refractivity contribution in [1.82, 2.24) is 9.78 Å². The molecule has 0 aliphatic heterocycles. The Bertz CT molecular complexity index is 771. The van der Waals surface area contributed by atoms with Gasteiger partial charge in [0.1, 0.15) is 11.1 Å². The van der Waals surface area contributed by atoms with Gasteiger partial charge in [-0.15, -0.1) is 11.3 Å². The van der Waals surface area contributed by atoms with Crippen LogP contribution in [0.15, 0.2) is 6.20 Å². The molecule has 2 heterocycles. The number of halogens is 1. The molecule has 0 radical (unpaired) electrons. The number of aryl methyl sites for hydroxylation is 2. The van der Waals surface area contributed by atoms with E-state index in [1.54, 1.807) is 17.5 Å². The number of nitrogens with one attached hydrogen (secondary N) is 1. The van der Waals surface area contributed by atoms with E-state index in [0.717, 1.165) is 34.1 Å². The Kier molecular flexibility index (Phi) is 4.49. The first-order valence-corrected chi connectivity index (χ1v) is 9.02. The van der Waals surface area contributed by atoms with Crippen molar-refractivity contribution in [3.63, 3.8) is 0 Å². The maximum atomic E-state index is 12.1. The van der Waals surface area contributed by atoms with Gasteiger partial charge in [-0.3, -0.25) is 9.48 Å². The van der Waals surface area contributed by atoms with Crippen molar-refractivity contribution < 1.29 is 4.79 Å². The predicted octanol–water partition coefficient (Wildman–Crippen LogP) is 3.25. The van der Waals surface area contributed by atoms with Gasteiger partial charge in [0.25, 0.3) is 0 Å². The zero-order valence-electron chi connectivity index (χ0n) is 12.1. The average molecular weight is 426 g/mol. The second-order valence-electron chi connectivity index (χ2n) is 5.27. The first-order valence-electron chi connectivity index (χ1n) is 7.12. The van der Waals surface area contributed by atoms with Crippen LogP contribution >= 0.6 is 33.9 Å². The summed E-state index contributed by atoms with van der Waals surface area (Å²) in [6.07, 6.45) is 5.24. The van der Waals surface area contributed by atoms with E-state index in [-0.39, 0.29) is 5.91 Å². The van der Waals surface area contributed by atoms with Crippen molar-refractivity contribution in [2.75, 3.05) is 5.32 Å². The summed E-state index contributed by atoms with van der Waals surface area (Å²) in [5, 5.41) is 17.2. The fourth-order valence-electron chi connectivity index (χ4n) is 2.66. The minimum Gasteiger partial charge on any atom is -0.317 e. The molecule has 2 aromatic rings. The van der Waals surface area contributed by atoms with Crippen LogP contribution in [0.2, 0.25) is 0 Å². The number of thiophene rings is 1. The SMILES string of the molecule is Cc1c(I)cnn1CCC(=O)Nc1sc2c(c1C#N)CCC2. The number of carbonyl (C=O) groups is 1. The normalized spacial score (nSPS) is 13.0. The Morgan fingerprint density at radius 3 is 3.09 bits per heavy atom. The number of fused-ring (bicyclic) bond motifs is 1. The van der Waals surface area contributed by atoms with Crippen LogP contribution in [0, 0.1) is 21.8 Å². The zero-order chi connectivity index (χ0) is 15.7. The molecule has 2 aromatic heterocycles. The van der Waals surface area contributed by atoms with Crippen molar-refractivity contribution in [1.29, 1.82) is 5.26 Å². The first kappa shape index (κ1) is 15.5. The summed E-state index contributed by atoms with van der Waals surface area (Å²) in [6.45, 7) is 2.54. The minimum absolute atomic E-state index is 0.0682. The van der Waals surface area contributed by atoms with Gasteiger partial charge in [0.2, 0.25) is 5.91 Å². The smallest absolute Gasteiger partial charge is 0.226 e. The number of nitriles is 1. The summed E-state index contributed by atoms with van der Waals surface area (Å²) in [6, 6.07) is 2.24. The predicted molar refractivity (Wildman–Crippen MR) is 94.0 cm³/mol. The molecular formula is C15H15IN4OS. The standard InChI is InChI=1S/C15H15IN4OS/c1-9-12(16)8-18-20(9)6-5-14(21)19-15-11(7-17)10-3-2-4-13(10)22-15/h8H,2-6H2,1H3,(H,19,21). The molecule has 0 aromatic carbocycles. The van der Waals surface area contributed by atoms with E-state index in [1.165, 1.54) is 4.88 Å². The molecule has 5 nitrogen and oxygen atoms in total. The van der Waals surface area contributed by atoms with Crippen LogP contribution in [-0.2, 0) is 24.2 Å². The Morgan fingerprint density at radius 1 is 1.59 bits per heavy atom. The van der Waals surface area contributed by atoms with Crippen molar-refractivity contribution >= 4 is 44.8 Å². The van der Waals surface area contributed by atoms with Gasteiger partial charge in [-0.25, -0.2) is 0 Å². The van der Waals surface area contributed by atoms with Crippen LogP contribution in [0.5, 0.6) is 0 Å². The maximum Gasteiger partial charge on any atom is 0.226 e. The summed E-state index contributed by atoms with van der Waals surface area (Å²) in [4.78, 5) is 13.4. The van der Waals surface area contributed by atoms with Gasteiger partial charge in [0.05, 0.1) is 21.9 Å². The highest BCUT2D eigenvalue weighted by Gasteiger charge is 2.23. The van der Waals surface area contributed by atoms with Gasteiger partial charge in [0.15, 0.2) is 0 Å². The minimum atomic E-state index is -0.0682. The lowest BCUT2D eigenvalue weighted by molar-refractivity contribution is -0.116. The topological polar surface area (TPSA) is 70.7 Å². The number of hydrogen-bond acceptors (Lipinski definition) is 4. The Labute approximate surface area is 146 Å². The van der Waals surface area contributed by atoms with E-state index < -0.39 is 0 Å². The van der Waals surface area contributed by atoms with Gasteiger partial charge in [0, 0.05) is 17.0 Å². The number of hydrogen-bond donors (Lipinski definition) is 1. The number of rotatable bonds is 4. The first-order chi connectivity index (χ1) is 10.6. The fraction of sp³-hybridized carbons (Fsp3) is 0.400. The molecular weight excluding hydrogens is 411 g/mol. The van der Waals surface area contributed by atoms with Crippen LogP contribution in [0.3, 0.4) is 0 Å². The van der Waals surface area contributed by atoms with Crippen molar-refractivity contribution in [3.8, 4) is 6.07 Å². The number of nitrogens with zero attached hydrogens (tertiary/aromatic N) is 3. The second-order valence-corrected chi connectivity index (χ2v) is 7.54. The van der Waals surface area contributed by atoms with Crippen molar-refractivity contribution in [2.24, 2.45) is 0 Å². The highest BCUT2D eigenvalue weighted by molar-refractivity contribution is 14.1. The molecule has 0 unspecified atom stereocenters. The van der Waals surface area contributed by atoms with Crippen LogP contribution < -0.4 is 5.32 Å². The van der Waals surface area contributed by atoms with E-state index in [4.69, 9.17) is 0 Å². The Hall–Kier alpha value is -1.40. The fourth-order valence-corrected chi connectivity index (χ4v) is 4.32. The second kappa shape index (κ2) is 6.38. The highest BCUT2D eigenvalue weighted by Crippen LogP contribution is 2.38. The van der Waals surface area contributed by atoms with E-state index >= 15 is 0 Å². The van der Waals surface area contributed by atoms with Crippen molar-refractivity contribution in [3.05, 3.63) is 31.5 Å². The number of carbonyl (C=O) groups excluding carboxylic acids is 1. The lowest BCUT2D eigenvalue weighted by atomic mass is 10.1. The van der Waals surface area contributed by atoms with Crippen LogP contribution in [0.1, 0.15) is 34.5 Å². The number of anilines is 1. The molecule has 1 N–H and O–H groups in total. The molecule has 0 saturated heterocycles. The largest absolute Gasteiger partial charge is 0.317 e. The maximum absolute atomic E-state index is 12.1. The third kappa shape index (κ3) is 2.90. The third-order valence-corrected chi connectivity index (χ3v) is 6.15. The molecule has 22 heavy (non-hydrogen) atoms. The molecule has 0 bridgehead atoms. The highest BCUT2D eigenvalue weighted by atomic mass is 127. The lowest BCUT2D eigenvalue weighted by Crippen LogP contribution is -2.15. The molecule has 7 heteroatoms. The molecule has 1 aliphatic carbocycles. The summed E-state index contributed by atoms with van der Waals surface area (Å²) >= 11 is 3.78. The van der Waals surface area contributed by atoms with E-state index in [2.05, 4.69) is 39.1 Å². The lowest BCUT2D eigenvalue weighted by Gasteiger charge is -2.06. The Morgan fingerprint density at radius 2 is 2.41 bits per heavy atom.